The zero-order valence-corrected chi connectivity index (χ0v) is 16.8. The molecule has 3 aromatic rings. The number of thiazole rings is 1. The molecule has 2 amide bonds. The molecular formula is C21H20FN5OS. The lowest BCUT2D eigenvalue weighted by molar-refractivity contribution is 0.242. The fourth-order valence-corrected chi connectivity index (χ4v) is 4.64. The Labute approximate surface area is 171 Å². The van der Waals surface area contributed by atoms with E-state index in [1.165, 1.54) is 17.5 Å². The number of pyridine rings is 1. The average Bonchev–Trinajstić information content (AvgIpc) is 3.16. The number of hydrogen-bond acceptors (Lipinski definition) is 5. The fourth-order valence-electron chi connectivity index (χ4n) is 3.62. The highest BCUT2D eigenvalue weighted by Gasteiger charge is 2.36. The quantitative estimate of drug-likeness (QED) is 0.634. The molecule has 1 aliphatic rings. The van der Waals surface area contributed by atoms with Crippen LogP contribution in [0.1, 0.15) is 40.6 Å². The Kier molecular flexibility index (Phi) is 5.21. The maximum atomic E-state index is 14.4. The number of aliphatic imine (C=N–C) groups is 1. The van der Waals surface area contributed by atoms with Crippen LogP contribution in [0.15, 0.2) is 46.9 Å². The number of aryl methyl sites for hydroxylation is 1. The number of hydrogen-bond donors (Lipinski definition) is 2. The average molecular weight is 409 g/mol. The lowest BCUT2D eigenvalue weighted by Gasteiger charge is -2.29. The third-order valence-corrected chi connectivity index (χ3v) is 5.98. The van der Waals surface area contributed by atoms with Crippen LogP contribution in [0.5, 0.6) is 0 Å². The first-order chi connectivity index (χ1) is 14.0. The van der Waals surface area contributed by atoms with Crippen LogP contribution in [0.2, 0.25) is 0 Å². The molecule has 29 heavy (non-hydrogen) atoms. The third-order valence-electron chi connectivity index (χ3n) is 5.05. The maximum Gasteiger partial charge on any atom is 0.341 e. The summed E-state index contributed by atoms with van der Waals surface area (Å²) in [4.78, 5) is 24.6. The molecule has 2 unspecified atom stereocenters. The number of aromatic nitrogens is 2. The Hall–Kier alpha value is -2.97. The van der Waals surface area contributed by atoms with E-state index >= 15 is 0 Å². The minimum Gasteiger partial charge on any atom is -0.328 e. The molecule has 0 aliphatic carbocycles. The molecule has 0 spiro atoms. The number of carbonyl (C=O) groups is 1. The number of nitrogens with one attached hydrogen (secondary N) is 1. The molecular weight excluding hydrogens is 389 g/mol. The van der Waals surface area contributed by atoms with Gasteiger partial charge in [-0.25, -0.2) is 19.8 Å². The Morgan fingerprint density at radius 2 is 2.10 bits per heavy atom. The summed E-state index contributed by atoms with van der Waals surface area (Å²) in [5.41, 5.74) is 10.6. The standard InChI is InChI=1S/C21H20FN5OS/c1-11-8-13(9-23)5-6-14(11)16-10-29-20(26-16)17-12(2)25-21(28)27-18(17)15-4-3-7-24-19(15)22/h3-8,10,17-18H,9,23H2,1-2H3,(H,27,28). The summed E-state index contributed by atoms with van der Waals surface area (Å²) in [6, 6.07) is 8.23. The largest absolute Gasteiger partial charge is 0.341 e. The summed E-state index contributed by atoms with van der Waals surface area (Å²) in [7, 11) is 0. The maximum absolute atomic E-state index is 14.4. The molecule has 2 atom stereocenters. The highest BCUT2D eigenvalue weighted by molar-refractivity contribution is 7.10. The molecule has 0 radical (unpaired) electrons. The smallest absolute Gasteiger partial charge is 0.328 e. The van der Waals surface area contributed by atoms with Crippen LogP contribution in [0.4, 0.5) is 9.18 Å². The molecule has 0 bridgehead atoms. The van der Waals surface area contributed by atoms with Gasteiger partial charge in [-0.1, -0.05) is 24.3 Å². The van der Waals surface area contributed by atoms with Gasteiger partial charge >= 0.3 is 6.03 Å². The van der Waals surface area contributed by atoms with E-state index in [9.17, 15) is 9.18 Å². The second kappa shape index (κ2) is 7.81. The SMILES string of the molecule is CC1=NC(=O)NC(c2cccnc2F)C1c1nc(-c2ccc(CN)cc2C)cs1. The molecule has 0 fully saturated rings. The molecule has 3 N–H and O–H groups in total. The topological polar surface area (TPSA) is 93.3 Å². The molecule has 3 heterocycles. The summed E-state index contributed by atoms with van der Waals surface area (Å²) in [6.45, 7) is 4.28. The Morgan fingerprint density at radius 3 is 2.83 bits per heavy atom. The Balaban J connectivity index is 1.75. The van der Waals surface area contributed by atoms with E-state index in [0.29, 0.717) is 17.8 Å². The Bertz CT molecular complexity index is 1110. The van der Waals surface area contributed by atoms with Gasteiger partial charge in [0, 0.05) is 35.0 Å². The van der Waals surface area contributed by atoms with Crippen molar-refractivity contribution in [2.45, 2.75) is 32.4 Å². The monoisotopic (exact) mass is 409 g/mol. The number of nitrogens with zero attached hydrogens (tertiary/aromatic N) is 3. The van der Waals surface area contributed by atoms with Crippen LogP contribution in [0, 0.1) is 12.9 Å². The molecule has 1 aliphatic heterocycles. The zero-order chi connectivity index (χ0) is 20.5. The van der Waals surface area contributed by atoms with Crippen molar-refractivity contribution in [3.63, 3.8) is 0 Å². The first-order valence-electron chi connectivity index (χ1n) is 9.19. The predicted octanol–water partition coefficient (Wildman–Crippen LogP) is 4.12. The van der Waals surface area contributed by atoms with E-state index in [0.717, 1.165) is 27.4 Å². The van der Waals surface area contributed by atoms with E-state index in [-0.39, 0.29) is 5.92 Å². The number of amides is 2. The van der Waals surface area contributed by atoms with Crippen LogP contribution in [-0.4, -0.2) is 21.7 Å². The molecule has 1 aromatic carbocycles. The molecule has 0 saturated heterocycles. The van der Waals surface area contributed by atoms with E-state index in [4.69, 9.17) is 10.7 Å². The van der Waals surface area contributed by atoms with E-state index in [1.54, 1.807) is 19.1 Å². The van der Waals surface area contributed by atoms with Gasteiger partial charge in [0.1, 0.15) is 5.01 Å². The highest BCUT2D eigenvalue weighted by Crippen LogP contribution is 2.38. The van der Waals surface area contributed by atoms with Crippen LogP contribution >= 0.6 is 11.3 Å². The van der Waals surface area contributed by atoms with E-state index in [1.807, 2.05) is 24.4 Å². The molecule has 148 valence electrons. The van der Waals surface area contributed by atoms with Crippen LogP contribution in [-0.2, 0) is 6.54 Å². The van der Waals surface area contributed by atoms with Gasteiger partial charge in [-0.05, 0) is 31.0 Å². The van der Waals surface area contributed by atoms with Gasteiger partial charge < -0.3 is 11.1 Å². The van der Waals surface area contributed by atoms with Crippen molar-refractivity contribution < 1.29 is 9.18 Å². The predicted molar refractivity (Wildman–Crippen MR) is 111 cm³/mol. The summed E-state index contributed by atoms with van der Waals surface area (Å²) in [6.07, 6.45) is 1.38. The first-order valence-corrected chi connectivity index (χ1v) is 10.1. The number of halogens is 1. The van der Waals surface area contributed by atoms with Crippen LogP contribution in [0.3, 0.4) is 0 Å². The van der Waals surface area contributed by atoms with E-state index < -0.39 is 18.0 Å². The lowest BCUT2D eigenvalue weighted by Crippen LogP contribution is -2.39. The van der Waals surface area contributed by atoms with Gasteiger partial charge in [0.25, 0.3) is 0 Å². The van der Waals surface area contributed by atoms with Gasteiger partial charge in [0.2, 0.25) is 5.95 Å². The van der Waals surface area contributed by atoms with Crippen molar-refractivity contribution in [3.05, 3.63) is 69.6 Å². The van der Waals surface area contributed by atoms with Gasteiger partial charge in [-0.2, -0.15) is 4.39 Å². The van der Waals surface area contributed by atoms with Crippen molar-refractivity contribution >= 4 is 23.1 Å². The van der Waals surface area contributed by atoms with Gasteiger partial charge in [-0.3, -0.25) is 0 Å². The van der Waals surface area contributed by atoms with Crippen molar-refractivity contribution in [3.8, 4) is 11.3 Å². The lowest BCUT2D eigenvalue weighted by atomic mass is 9.89. The number of benzene rings is 1. The molecule has 6 nitrogen and oxygen atoms in total. The van der Waals surface area contributed by atoms with Crippen LogP contribution < -0.4 is 11.1 Å². The van der Waals surface area contributed by atoms with Gasteiger partial charge in [0.05, 0.1) is 17.7 Å². The normalized spacial score (nSPS) is 19.0. The second-order valence-electron chi connectivity index (χ2n) is 6.97. The zero-order valence-electron chi connectivity index (χ0n) is 16.0. The Morgan fingerprint density at radius 1 is 1.28 bits per heavy atom. The van der Waals surface area contributed by atoms with Gasteiger partial charge in [0.15, 0.2) is 0 Å². The minimum absolute atomic E-state index is 0.320. The number of carbonyl (C=O) groups excluding carboxylic acids is 1. The van der Waals surface area contributed by atoms with Gasteiger partial charge in [-0.15, -0.1) is 11.3 Å². The third kappa shape index (κ3) is 3.68. The minimum atomic E-state index is -0.617. The first kappa shape index (κ1) is 19.4. The second-order valence-corrected chi connectivity index (χ2v) is 7.86. The molecule has 0 saturated carbocycles. The van der Waals surface area contributed by atoms with E-state index in [2.05, 4.69) is 21.4 Å². The van der Waals surface area contributed by atoms with Crippen molar-refractivity contribution in [1.82, 2.24) is 15.3 Å². The summed E-state index contributed by atoms with van der Waals surface area (Å²) >= 11 is 1.47. The molecule has 2 aromatic heterocycles. The van der Waals surface area contributed by atoms with Crippen molar-refractivity contribution in [2.24, 2.45) is 10.7 Å². The summed E-state index contributed by atoms with van der Waals surface area (Å²) < 4.78 is 14.4. The number of nitrogens with two attached hydrogens (primary N) is 1. The number of rotatable bonds is 4. The fraction of sp³-hybridized carbons (Fsp3) is 0.238. The van der Waals surface area contributed by atoms with Crippen molar-refractivity contribution in [1.29, 1.82) is 0 Å². The highest BCUT2D eigenvalue weighted by atomic mass is 32.1. The van der Waals surface area contributed by atoms with Crippen LogP contribution in [0.25, 0.3) is 11.3 Å². The molecule has 4 rings (SSSR count). The molecule has 8 heteroatoms. The summed E-state index contributed by atoms with van der Waals surface area (Å²) in [5.74, 6) is -0.976. The number of urea groups is 1. The van der Waals surface area contributed by atoms with Crippen molar-refractivity contribution in [2.75, 3.05) is 0 Å². The summed E-state index contributed by atoms with van der Waals surface area (Å²) in [5, 5.41) is 5.51.